The molecule has 0 aliphatic rings. The largest absolute Gasteiger partial charge is 0.445 e. The molecule has 0 fully saturated rings. The Hall–Kier alpha value is -2.07. The van der Waals surface area contributed by atoms with E-state index in [1.54, 1.807) is 0 Å². The number of hydrogen-bond donors (Lipinski definition) is 1. The number of hydrogen-bond acceptors (Lipinski definition) is 3. The van der Waals surface area contributed by atoms with Crippen molar-refractivity contribution < 1.29 is 9.53 Å². The van der Waals surface area contributed by atoms with Gasteiger partial charge in [-0.3, -0.25) is 4.98 Å². The zero-order chi connectivity index (χ0) is 16.2. The van der Waals surface area contributed by atoms with Gasteiger partial charge in [-0.1, -0.05) is 30.3 Å². The quantitative estimate of drug-likeness (QED) is 0.907. The van der Waals surface area contributed by atoms with Crippen LogP contribution in [0.5, 0.6) is 0 Å². The van der Waals surface area contributed by atoms with Gasteiger partial charge in [0.05, 0.1) is 5.54 Å². The molecule has 0 aliphatic carbocycles. The first-order valence-corrected chi connectivity index (χ1v) is 7.31. The fourth-order valence-corrected chi connectivity index (χ4v) is 2.37. The molecule has 1 aromatic carbocycles. The highest BCUT2D eigenvalue weighted by Gasteiger charge is 2.23. The average Bonchev–Trinajstić information content (AvgIpc) is 2.45. The molecule has 1 N–H and O–H groups in total. The summed E-state index contributed by atoms with van der Waals surface area (Å²) in [4.78, 5) is 16.3. The zero-order valence-corrected chi connectivity index (χ0v) is 14.7. The summed E-state index contributed by atoms with van der Waals surface area (Å²) < 4.78 is 5.32. The summed E-state index contributed by atoms with van der Waals surface area (Å²) in [6, 6.07) is 13.7. The fourth-order valence-electron chi connectivity index (χ4n) is 2.37. The smallest absolute Gasteiger partial charge is 0.408 e. The molecule has 1 heterocycles. The van der Waals surface area contributed by atoms with E-state index in [0.717, 1.165) is 22.5 Å². The number of halogens is 1. The normalized spacial score (nSPS) is 10.6. The number of aromatic nitrogens is 1. The number of alkyl carbamates (subject to hydrolysis) is 1. The number of nitrogens with one attached hydrogen (secondary N) is 1. The Bertz CT molecular complexity index is 637. The highest BCUT2D eigenvalue weighted by atomic mass is 35.5. The molecular formula is C18H23ClN2O2. The van der Waals surface area contributed by atoms with E-state index in [2.05, 4.69) is 10.3 Å². The van der Waals surface area contributed by atoms with Crippen LogP contribution in [-0.4, -0.2) is 11.1 Å². The van der Waals surface area contributed by atoms with Crippen LogP contribution in [0.25, 0.3) is 0 Å². The monoisotopic (exact) mass is 334 g/mol. The van der Waals surface area contributed by atoms with E-state index in [-0.39, 0.29) is 19.0 Å². The molecule has 0 radical (unpaired) electrons. The SMILES string of the molecule is Cc1cc(COC(=O)NC(C)(C)c2ccccc2)cc(C)n1.Cl. The number of carbonyl (C=O) groups excluding carboxylic acids is 1. The minimum atomic E-state index is -0.484. The van der Waals surface area contributed by atoms with Gasteiger partial charge >= 0.3 is 6.09 Å². The second kappa shape index (κ2) is 7.97. The summed E-state index contributed by atoms with van der Waals surface area (Å²) in [5.41, 5.74) is 3.33. The van der Waals surface area contributed by atoms with Crippen molar-refractivity contribution in [1.29, 1.82) is 0 Å². The van der Waals surface area contributed by atoms with Gasteiger partial charge in [0.1, 0.15) is 6.61 Å². The van der Waals surface area contributed by atoms with Crippen LogP contribution >= 0.6 is 12.4 Å². The summed E-state index contributed by atoms with van der Waals surface area (Å²) in [6.07, 6.45) is -0.430. The molecule has 23 heavy (non-hydrogen) atoms. The Morgan fingerprint density at radius 1 is 1.13 bits per heavy atom. The highest BCUT2D eigenvalue weighted by Crippen LogP contribution is 2.19. The summed E-state index contributed by atoms with van der Waals surface area (Å²) in [6.45, 7) is 7.99. The number of benzene rings is 1. The van der Waals surface area contributed by atoms with Crippen molar-refractivity contribution >= 4 is 18.5 Å². The fraction of sp³-hybridized carbons (Fsp3) is 0.333. The van der Waals surface area contributed by atoms with Crippen molar-refractivity contribution in [3.63, 3.8) is 0 Å². The Morgan fingerprint density at radius 3 is 2.26 bits per heavy atom. The van der Waals surface area contributed by atoms with Crippen LogP contribution < -0.4 is 5.32 Å². The van der Waals surface area contributed by atoms with Gasteiger partial charge in [0, 0.05) is 11.4 Å². The van der Waals surface area contributed by atoms with Gasteiger partial charge in [0.25, 0.3) is 0 Å². The number of carbonyl (C=O) groups is 1. The van der Waals surface area contributed by atoms with Crippen LogP contribution in [0, 0.1) is 13.8 Å². The molecule has 124 valence electrons. The molecule has 0 saturated carbocycles. The van der Waals surface area contributed by atoms with Crippen molar-refractivity contribution in [2.24, 2.45) is 0 Å². The molecule has 1 aromatic heterocycles. The van der Waals surface area contributed by atoms with Crippen molar-refractivity contribution in [3.8, 4) is 0 Å². The lowest BCUT2D eigenvalue weighted by molar-refractivity contribution is 0.129. The summed E-state index contributed by atoms with van der Waals surface area (Å²) in [5, 5.41) is 2.90. The van der Waals surface area contributed by atoms with E-state index < -0.39 is 11.6 Å². The van der Waals surface area contributed by atoms with E-state index in [1.165, 1.54) is 0 Å². The molecule has 0 atom stereocenters. The molecule has 0 bridgehead atoms. The lowest BCUT2D eigenvalue weighted by atomic mass is 9.95. The number of ether oxygens (including phenoxy) is 1. The number of rotatable bonds is 4. The van der Waals surface area contributed by atoms with Crippen LogP contribution in [0.4, 0.5) is 4.79 Å². The molecule has 0 aliphatic heterocycles. The molecule has 2 rings (SSSR count). The maximum Gasteiger partial charge on any atom is 0.408 e. The maximum atomic E-state index is 12.0. The zero-order valence-electron chi connectivity index (χ0n) is 13.9. The third-order valence-electron chi connectivity index (χ3n) is 3.42. The first-order chi connectivity index (χ1) is 10.4. The van der Waals surface area contributed by atoms with Crippen molar-refractivity contribution in [1.82, 2.24) is 10.3 Å². The van der Waals surface area contributed by atoms with E-state index in [0.29, 0.717) is 0 Å². The second-order valence-electron chi connectivity index (χ2n) is 5.95. The van der Waals surface area contributed by atoms with Gasteiger partial charge in [0.2, 0.25) is 0 Å². The van der Waals surface area contributed by atoms with Crippen LogP contribution in [0.15, 0.2) is 42.5 Å². The van der Waals surface area contributed by atoms with Crippen molar-refractivity contribution in [2.75, 3.05) is 0 Å². The Kier molecular flexibility index (Phi) is 6.58. The minimum absolute atomic E-state index is 0. The Morgan fingerprint density at radius 2 is 1.70 bits per heavy atom. The van der Waals surface area contributed by atoms with Gasteiger partial charge in [-0.05, 0) is 51.0 Å². The molecule has 0 spiro atoms. The van der Waals surface area contributed by atoms with Crippen LogP contribution in [0.2, 0.25) is 0 Å². The van der Waals surface area contributed by atoms with Crippen LogP contribution in [-0.2, 0) is 16.9 Å². The number of nitrogens with zero attached hydrogens (tertiary/aromatic N) is 1. The van der Waals surface area contributed by atoms with Gasteiger partial charge < -0.3 is 10.1 Å². The van der Waals surface area contributed by atoms with E-state index in [9.17, 15) is 4.79 Å². The van der Waals surface area contributed by atoms with Gasteiger partial charge in [0.15, 0.2) is 0 Å². The Balaban J connectivity index is 0.00000264. The Labute approximate surface area is 143 Å². The number of aryl methyl sites for hydroxylation is 2. The molecule has 1 amide bonds. The minimum Gasteiger partial charge on any atom is -0.445 e. The topological polar surface area (TPSA) is 51.2 Å². The molecule has 2 aromatic rings. The third kappa shape index (κ3) is 5.57. The van der Waals surface area contributed by atoms with E-state index >= 15 is 0 Å². The predicted molar refractivity (Wildman–Crippen MR) is 93.7 cm³/mol. The lowest BCUT2D eigenvalue weighted by Crippen LogP contribution is -2.41. The number of pyridine rings is 1. The second-order valence-corrected chi connectivity index (χ2v) is 5.95. The molecule has 4 nitrogen and oxygen atoms in total. The highest BCUT2D eigenvalue weighted by molar-refractivity contribution is 5.85. The van der Waals surface area contributed by atoms with Crippen LogP contribution in [0.3, 0.4) is 0 Å². The first kappa shape index (κ1) is 19.0. The van der Waals surface area contributed by atoms with Crippen LogP contribution in [0.1, 0.15) is 36.4 Å². The molecule has 0 unspecified atom stereocenters. The first-order valence-electron chi connectivity index (χ1n) is 7.31. The standard InChI is InChI=1S/C18H22N2O2.ClH/c1-13-10-15(11-14(2)19-13)12-22-17(21)20-18(3,4)16-8-6-5-7-9-16;/h5-11H,12H2,1-4H3,(H,20,21);1H. The van der Waals surface area contributed by atoms with E-state index in [1.807, 2.05) is 70.2 Å². The summed E-state index contributed by atoms with van der Waals surface area (Å²) in [5.74, 6) is 0. The molecule has 0 saturated heterocycles. The maximum absolute atomic E-state index is 12.0. The van der Waals surface area contributed by atoms with Crippen molar-refractivity contribution in [3.05, 3.63) is 65.0 Å². The van der Waals surface area contributed by atoms with Gasteiger partial charge in [-0.15, -0.1) is 12.4 Å². The average molecular weight is 335 g/mol. The van der Waals surface area contributed by atoms with Gasteiger partial charge in [-0.2, -0.15) is 0 Å². The summed E-state index contributed by atoms with van der Waals surface area (Å²) >= 11 is 0. The van der Waals surface area contributed by atoms with Crippen molar-refractivity contribution in [2.45, 2.75) is 39.8 Å². The molecule has 5 heteroatoms. The van der Waals surface area contributed by atoms with E-state index in [4.69, 9.17) is 4.74 Å². The van der Waals surface area contributed by atoms with Gasteiger partial charge in [-0.25, -0.2) is 4.79 Å². The predicted octanol–water partition coefficient (Wildman–Crippen LogP) is 4.28. The third-order valence-corrected chi connectivity index (χ3v) is 3.42. The lowest BCUT2D eigenvalue weighted by Gasteiger charge is -2.26. The molecular weight excluding hydrogens is 312 g/mol. The number of amides is 1. The summed E-state index contributed by atoms with van der Waals surface area (Å²) in [7, 11) is 0.